The number of carboxylic acids is 1. The van der Waals surface area contributed by atoms with Gasteiger partial charge in [-0.05, 0) is 43.3 Å². The summed E-state index contributed by atoms with van der Waals surface area (Å²) in [5, 5.41) is 8.84. The summed E-state index contributed by atoms with van der Waals surface area (Å²) in [4.78, 5) is 56.1. The van der Waals surface area contributed by atoms with Gasteiger partial charge < -0.3 is 14.8 Å². The number of carbonyl (C=O) groups is 3. The zero-order valence-electron chi connectivity index (χ0n) is 18.1. The number of esters is 1. The van der Waals surface area contributed by atoms with Crippen LogP contribution in [-0.4, -0.2) is 46.1 Å². The molecule has 0 unspecified atom stereocenters. The lowest BCUT2D eigenvalue weighted by Gasteiger charge is -2.00. The van der Waals surface area contributed by atoms with Crippen LogP contribution >= 0.6 is 0 Å². The van der Waals surface area contributed by atoms with Crippen LogP contribution in [0.2, 0.25) is 0 Å². The Morgan fingerprint density at radius 1 is 0.971 bits per heavy atom. The van der Waals surface area contributed by atoms with E-state index in [1.54, 1.807) is 55.5 Å². The highest BCUT2D eigenvalue weighted by molar-refractivity contribution is 5.90. The van der Waals surface area contributed by atoms with Crippen molar-refractivity contribution in [3.63, 3.8) is 0 Å². The van der Waals surface area contributed by atoms with E-state index >= 15 is 0 Å². The van der Waals surface area contributed by atoms with Crippen molar-refractivity contribution in [3.8, 4) is 11.4 Å². The quantitative estimate of drug-likeness (QED) is 0.336. The van der Waals surface area contributed by atoms with Crippen LogP contribution in [-0.2, 0) is 14.3 Å². The Balaban J connectivity index is 0.000000226. The van der Waals surface area contributed by atoms with E-state index in [0.29, 0.717) is 17.7 Å². The van der Waals surface area contributed by atoms with Crippen molar-refractivity contribution in [3.05, 3.63) is 89.5 Å². The summed E-state index contributed by atoms with van der Waals surface area (Å²) in [6, 6.07) is 20.7. The van der Waals surface area contributed by atoms with E-state index in [1.165, 1.54) is 0 Å². The van der Waals surface area contributed by atoms with Crippen molar-refractivity contribution in [2.45, 2.75) is 6.92 Å². The number of ether oxygens (including phenoxy) is 1. The maximum absolute atomic E-state index is 11.1. The molecule has 0 aliphatic carbocycles. The van der Waals surface area contributed by atoms with Crippen molar-refractivity contribution in [2.75, 3.05) is 6.61 Å². The van der Waals surface area contributed by atoms with Gasteiger partial charge in [-0.1, -0.05) is 36.4 Å². The first-order chi connectivity index (χ1) is 16.4. The third-order valence-corrected chi connectivity index (χ3v) is 4.35. The van der Waals surface area contributed by atoms with E-state index in [2.05, 4.69) is 9.97 Å². The molecule has 0 aliphatic rings. The average Bonchev–Trinajstić information content (AvgIpc) is 3.30. The first-order valence-electron chi connectivity index (χ1n) is 9.93. The monoisotopic (exact) mass is 460 g/mol. The van der Waals surface area contributed by atoms with Crippen LogP contribution < -0.4 is 0 Å². The molecular formula is C25H20N2O7. The SMILES string of the molecule is CCOC(=O)c1ccc(C=O)cc1.O=C(O)c1ccc(-c2nc3ccccc3[nH]2)cc1.O=C=O. The number of aromatic carboxylic acids is 1. The number of aromatic amines is 1. The number of H-pyrrole nitrogens is 1. The molecule has 2 N–H and O–H groups in total. The van der Waals surface area contributed by atoms with Gasteiger partial charge in [0, 0.05) is 11.1 Å². The molecule has 0 saturated heterocycles. The van der Waals surface area contributed by atoms with Crippen molar-refractivity contribution < 1.29 is 33.8 Å². The number of rotatable bonds is 5. The number of fused-ring (bicyclic) bond motifs is 1. The number of carboxylic acid groups (broad SMARTS) is 1. The van der Waals surface area contributed by atoms with E-state index in [-0.39, 0.29) is 17.7 Å². The molecule has 172 valence electrons. The van der Waals surface area contributed by atoms with E-state index in [1.807, 2.05) is 24.3 Å². The lowest BCUT2D eigenvalue weighted by atomic mass is 10.1. The van der Waals surface area contributed by atoms with E-state index in [4.69, 9.17) is 19.4 Å². The molecule has 1 aromatic heterocycles. The van der Waals surface area contributed by atoms with Gasteiger partial charge in [-0.25, -0.2) is 14.6 Å². The molecule has 0 atom stereocenters. The predicted molar refractivity (Wildman–Crippen MR) is 121 cm³/mol. The van der Waals surface area contributed by atoms with E-state index in [9.17, 15) is 14.4 Å². The van der Waals surface area contributed by atoms with Gasteiger partial charge in [0.2, 0.25) is 0 Å². The second-order valence-electron chi connectivity index (χ2n) is 6.53. The lowest BCUT2D eigenvalue weighted by Crippen LogP contribution is -2.04. The van der Waals surface area contributed by atoms with Crippen LogP contribution in [0.25, 0.3) is 22.4 Å². The molecule has 0 saturated carbocycles. The van der Waals surface area contributed by atoms with E-state index < -0.39 is 5.97 Å². The smallest absolute Gasteiger partial charge is 0.373 e. The zero-order chi connectivity index (χ0) is 24.9. The number of nitrogens with zero attached hydrogens (tertiary/aromatic N) is 1. The van der Waals surface area contributed by atoms with Crippen LogP contribution in [0.1, 0.15) is 38.0 Å². The van der Waals surface area contributed by atoms with Gasteiger partial charge in [-0.3, -0.25) is 4.79 Å². The number of aldehydes is 1. The van der Waals surface area contributed by atoms with Gasteiger partial charge in [0.1, 0.15) is 12.1 Å². The Morgan fingerprint density at radius 2 is 1.56 bits per heavy atom. The highest BCUT2D eigenvalue weighted by atomic mass is 16.5. The largest absolute Gasteiger partial charge is 0.478 e. The first kappa shape index (κ1) is 25.4. The Kier molecular flexibility index (Phi) is 9.59. The molecule has 0 radical (unpaired) electrons. The Hall–Kier alpha value is -4.88. The molecule has 0 aliphatic heterocycles. The summed E-state index contributed by atoms with van der Waals surface area (Å²) in [6.45, 7) is 2.10. The molecule has 9 heteroatoms. The van der Waals surface area contributed by atoms with Crippen LogP contribution in [0.15, 0.2) is 72.8 Å². The first-order valence-corrected chi connectivity index (χ1v) is 9.93. The minimum absolute atomic E-state index is 0.250. The summed E-state index contributed by atoms with van der Waals surface area (Å²) in [5.74, 6) is -0.542. The van der Waals surface area contributed by atoms with Gasteiger partial charge in [-0.15, -0.1) is 0 Å². The normalized spacial score (nSPS) is 9.44. The molecule has 1 heterocycles. The van der Waals surface area contributed by atoms with Gasteiger partial charge in [0.25, 0.3) is 0 Å². The molecule has 0 amide bonds. The minimum atomic E-state index is -0.925. The van der Waals surface area contributed by atoms with Crippen molar-refractivity contribution in [1.29, 1.82) is 0 Å². The van der Waals surface area contributed by atoms with Crippen LogP contribution in [0.5, 0.6) is 0 Å². The Bertz CT molecular complexity index is 1250. The van der Waals surface area contributed by atoms with Crippen LogP contribution in [0.4, 0.5) is 0 Å². The highest BCUT2D eigenvalue weighted by Crippen LogP contribution is 2.20. The van der Waals surface area contributed by atoms with Gasteiger partial charge >= 0.3 is 18.1 Å². The molecule has 0 fully saturated rings. The van der Waals surface area contributed by atoms with E-state index in [0.717, 1.165) is 28.7 Å². The Morgan fingerprint density at radius 3 is 2.09 bits per heavy atom. The molecule has 0 bridgehead atoms. The number of benzene rings is 3. The highest BCUT2D eigenvalue weighted by Gasteiger charge is 2.07. The molecule has 34 heavy (non-hydrogen) atoms. The fourth-order valence-corrected chi connectivity index (χ4v) is 2.77. The number of hydrogen-bond acceptors (Lipinski definition) is 7. The predicted octanol–water partition coefficient (Wildman–Crippen LogP) is 4.02. The Labute approximate surface area is 194 Å². The summed E-state index contributed by atoms with van der Waals surface area (Å²) < 4.78 is 4.77. The third kappa shape index (κ3) is 7.08. The second-order valence-corrected chi connectivity index (χ2v) is 6.53. The third-order valence-electron chi connectivity index (χ3n) is 4.35. The summed E-state index contributed by atoms with van der Waals surface area (Å²) in [5.41, 5.74) is 4.02. The lowest BCUT2D eigenvalue weighted by molar-refractivity contribution is -0.191. The van der Waals surface area contributed by atoms with Crippen LogP contribution in [0, 0.1) is 0 Å². The molecule has 0 spiro atoms. The summed E-state index contributed by atoms with van der Waals surface area (Å²) in [6.07, 6.45) is 0.981. The second kappa shape index (κ2) is 12.8. The van der Waals surface area contributed by atoms with Crippen molar-refractivity contribution in [2.24, 2.45) is 0 Å². The molecule has 9 nitrogen and oxygen atoms in total. The fourth-order valence-electron chi connectivity index (χ4n) is 2.77. The number of aromatic nitrogens is 2. The number of nitrogens with one attached hydrogen (secondary N) is 1. The molecule has 4 aromatic rings. The fraction of sp³-hybridized carbons (Fsp3) is 0.0800. The molecular weight excluding hydrogens is 440 g/mol. The zero-order valence-corrected chi connectivity index (χ0v) is 18.1. The van der Waals surface area contributed by atoms with Crippen molar-refractivity contribution in [1.82, 2.24) is 9.97 Å². The average molecular weight is 460 g/mol. The molecule has 4 rings (SSSR count). The number of imidazole rings is 1. The number of hydrogen-bond donors (Lipinski definition) is 2. The maximum atomic E-state index is 11.1. The maximum Gasteiger partial charge on any atom is 0.373 e. The van der Waals surface area contributed by atoms with Crippen LogP contribution in [0.3, 0.4) is 0 Å². The van der Waals surface area contributed by atoms with Gasteiger partial charge in [0.15, 0.2) is 0 Å². The summed E-state index contributed by atoms with van der Waals surface area (Å²) >= 11 is 0. The summed E-state index contributed by atoms with van der Waals surface area (Å²) in [7, 11) is 0. The number of para-hydroxylation sites is 2. The topological polar surface area (TPSA) is 143 Å². The van der Waals surface area contributed by atoms with Crippen molar-refractivity contribution >= 4 is 35.4 Å². The van der Waals surface area contributed by atoms with Gasteiger partial charge in [-0.2, -0.15) is 9.59 Å². The van der Waals surface area contributed by atoms with Gasteiger partial charge in [0.05, 0.1) is 28.8 Å². The number of carbonyl (C=O) groups excluding carboxylic acids is 4. The standard InChI is InChI=1S/C14H10N2O2.C10H10O3.CO2/c17-14(18)10-7-5-9(6-8-10)13-15-11-3-1-2-4-12(11)16-13;1-2-13-10(12)9-5-3-8(7-11)4-6-9;2-1-3/h1-8H,(H,15,16)(H,17,18);3-7H,2H2,1H3;. The minimum Gasteiger partial charge on any atom is -0.478 e. The molecule has 3 aromatic carbocycles.